The van der Waals surface area contributed by atoms with Gasteiger partial charge in [0.15, 0.2) is 5.69 Å². The minimum atomic E-state index is -0.357. The van der Waals surface area contributed by atoms with Gasteiger partial charge in [-0.15, -0.1) is 0 Å². The van der Waals surface area contributed by atoms with E-state index in [-0.39, 0.29) is 17.5 Å². The van der Waals surface area contributed by atoms with Gasteiger partial charge in [0.1, 0.15) is 10.9 Å². The van der Waals surface area contributed by atoms with Crippen LogP contribution in [0.2, 0.25) is 5.15 Å². The summed E-state index contributed by atoms with van der Waals surface area (Å²) in [5.41, 5.74) is 0.562. The van der Waals surface area contributed by atoms with Gasteiger partial charge in [0.05, 0.1) is 5.56 Å². The molecule has 0 saturated carbocycles. The molecule has 1 fully saturated rings. The molecular weight excluding hydrogens is 308 g/mol. The number of rotatable bonds is 2. The number of hydrazine groups is 1. The summed E-state index contributed by atoms with van der Waals surface area (Å²) in [5.74, 6) is -0.109. The average molecular weight is 321 g/mol. The lowest BCUT2D eigenvalue weighted by Crippen LogP contribution is -2.45. The van der Waals surface area contributed by atoms with Gasteiger partial charge in [0.25, 0.3) is 11.8 Å². The Bertz CT molecular complexity index is 713. The molecule has 0 radical (unpaired) electrons. The second-order valence-electron chi connectivity index (χ2n) is 4.90. The molecule has 2 amide bonds. The summed E-state index contributed by atoms with van der Waals surface area (Å²) in [7, 11) is 0. The maximum Gasteiger partial charge on any atom is 0.294 e. The van der Waals surface area contributed by atoms with Gasteiger partial charge in [-0.1, -0.05) is 16.8 Å². The molecule has 114 valence electrons. The van der Waals surface area contributed by atoms with Gasteiger partial charge < -0.3 is 4.52 Å². The number of hydrogen-bond donors (Lipinski definition) is 0. The summed E-state index contributed by atoms with van der Waals surface area (Å²) in [6, 6.07) is 4.67. The fourth-order valence-corrected chi connectivity index (χ4v) is 2.40. The Morgan fingerprint density at radius 2 is 1.95 bits per heavy atom. The van der Waals surface area contributed by atoms with E-state index < -0.39 is 0 Å². The largest absolute Gasteiger partial charge is 0.361 e. The highest BCUT2D eigenvalue weighted by Gasteiger charge is 2.33. The SMILES string of the molecule is Cc1cc(C(=O)N2CCCN2C(=O)c2ccc(Cl)nc2)no1. The molecule has 2 aromatic heterocycles. The molecule has 3 rings (SSSR count). The Kier molecular flexibility index (Phi) is 3.81. The van der Waals surface area contributed by atoms with E-state index in [9.17, 15) is 9.59 Å². The number of amides is 2. The Labute approximate surface area is 131 Å². The number of pyridine rings is 1. The van der Waals surface area contributed by atoms with Crippen molar-refractivity contribution in [2.45, 2.75) is 13.3 Å². The fourth-order valence-electron chi connectivity index (χ4n) is 2.28. The van der Waals surface area contributed by atoms with E-state index in [1.165, 1.54) is 22.3 Å². The summed E-state index contributed by atoms with van der Waals surface area (Å²) in [6.45, 7) is 2.62. The van der Waals surface area contributed by atoms with Crippen molar-refractivity contribution in [3.63, 3.8) is 0 Å². The third-order valence-corrected chi connectivity index (χ3v) is 3.55. The van der Waals surface area contributed by atoms with Crippen LogP contribution in [0.15, 0.2) is 28.9 Å². The molecule has 22 heavy (non-hydrogen) atoms. The second kappa shape index (κ2) is 5.76. The molecule has 2 aromatic rings. The number of carbonyl (C=O) groups is 2. The third kappa shape index (κ3) is 2.67. The van der Waals surface area contributed by atoms with E-state index in [0.29, 0.717) is 36.0 Å². The van der Waals surface area contributed by atoms with Crippen LogP contribution in [0.25, 0.3) is 0 Å². The topological polar surface area (TPSA) is 79.5 Å². The predicted molar refractivity (Wildman–Crippen MR) is 77.2 cm³/mol. The lowest BCUT2D eigenvalue weighted by Gasteiger charge is -2.27. The minimum Gasteiger partial charge on any atom is -0.361 e. The molecule has 0 unspecified atom stereocenters. The molecule has 0 N–H and O–H groups in total. The summed E-state index contributed by atoms with van der Waals surface area (Å²) in [5, 5.41) is 6.80. The third-order valence-electron chi connectivity index (χ3n) is 3.32. The molecule has 1 aliphatic heterocycles. The first-order valence-corrected chi connectivity index (χ1v) is 7.12. The highest BCUT2D eigenvalue weighted by atomic mass is 35.5. The number of hydrogen-bond acceptors (Lipinski definition) is 5. The van der Waals surface area contributed by atoms with Crippen LogP contribution in [-0.4, -0.2) is 45.1 Å². The normalized spacial score (nSPS) is 14.5. The van der Waals surface area contributed by atoms with E-state index in [4.69, 9.17) is 16.1 Å². The van der Waals surface area contributed by atoms with Crippen LogP contribution in [0, 0.1) is 6.92 Å². The van der Waals surface area contributed by atoms with E-state index in [0.717, 1.165) is 0 Å². The van der Waals surface area contributed by atoms with Gasteiger partial charge in [0, 0.05) is 25.4 Å². The Hall–Kier alpha value is -2.41. The summed E-state index contributed by atoms with van der Waals surface area (Å²) < 4.78 is 4.91. The van der Waals surface area contributed by atoms with Gasteiger partial charge in [0.2, 0.25) is 0 Å². The molecule has 7 nitrogen and oxygen atoms in total. The maximum atomic E-state index is 12.5. The van der Waals surface area contributed by atoms with Gasteiger partial charge in [-0.3, -0.25) is 9.59 Å². The van der Waals surface area contributed by atoms with Crippen molar-refractivity contribution in [2.75, 3.05) is 13.1 Å². The smallest absolute Gasteiger partial charge is 0.294 e. The molecule has 3 heterocycles. The average Bonchev–Trinajstić information content (AvgIpc) is 3.15. The van der Waals surface area contributed by atoms with E-state index in [1.54, 1.807) is 19.1 Å². The fraction of sp³-hybridized carbons (Fsp3) is 0.286. The quantitative estimate of drug-likeness (QED) is 0.790. The Balaban J connectivity index is 1.82. The number of nitrogens with zero attached hydrogens (tertiary/aromatic N) is 4. The van der Waals surface area contributed by atoms with Crippen molar-refractivity contribution in [2.24, 2.45) is 0 Å². The van der Waals surface area contributed by atoms with Crippen LogP contribution in [0.1, 0.15) is 33.0 Å². The monoisotopic (exact) mass is 320 g/mol. The number of carbonyl (C=O) groups excluding carboxylic acids is 2. The van der Waals surface area contributed by atoms with Gasteiger partial charge >= 0.3 is 0 Å². The second-order valence-corrected chi connectivity index (χ2v) is 5.29. The minimum absolute atomic E-state index is 0.187. The Morgan fingerprint density at radius 3 is 2.55 bits per heavy atom. The number of aromatic nitrogens is 2. The molecule has 0 bridgehead atoms. The zero-order chi connectivity index (χ0) is 15.7. The van der Waals surface area contributed by atoms with Crippen molar-refractivity contribution in [1.82, 2.24) is 20.2 Å². The zero-order valence-corrected chi connectivity index (χ0v) is 12.6. The van der Waals surface area contributed by atoms with Gasteiger partial charge in [-0.2, -0.15) is 0 Å². The first-order chi connectivity index (χ1) is 10.6. The van der Waals surface area contributed by atoms with E-state index >= 15 is 0 Å². The van der Waals surface area contributed by atoms with Crippen molar-refractivity contribution in [3.8, 4) is 0 Å². The van der Waals surface area contributed by atoms with Crippen LogP contribution in [0.3, 0.4) is 0 Å². The van der Waals surface area contributed by atoms with Crippen LogP contribution in [0.4, 0.5) is 0 Å². The lowest BCUT2D eigenvalue weighted by molar-refractivity contribution is 0.0179. The van der Waals surface area contributed by atoms with Crippen molar-refractivity contribution < 1.29 is 14.1 Å². The summed E-state index contributed by atoms with van der Waals surface area (Å²) >= 11 is 5.72. The summed E-state index contributed by atoms with van der Waals surface area (Å²) in [4.78, 5) is 28.8. The maximum absolute atomic E-state index is 12.5. The van der Waals surface area contributed by atoms with Gasteiger partial charge in [-0.05, 0) is 25.5 Å². The lowest BCUT2D eigenvalue weighted by atomic mass is 10.2. The molecule has 1 aliphatic rings. The highest BCUT2D eigenvalue weighted by molar-refractivity contribution is 6.29. The molecule has 1 saturated heterocycles. The first kappa shape index (κ1) is 14.5. The van der Waals surface area contributed by atoms with Crippen LogP contribution in [0.5, 0.6) is 0 Å². The standard InChI is InChI=1S/C14H13ClN4O3/c1-9-7-11(17-22-9)14(21)19-6-2-5-18(19)13(20)10-3-4-12(15)16-8-10/h3-4,7-8H,2,5-6H2,1H3. The Morgan fingerprint density at radius 1 is 1.23 bits per heavy atom. The first-order valence-electron chi connectivity index (χ1n) is 6.75. The zero-order valence-electron chi connectivity index (χ0n) is 11.8. The van der Waals surface area contributed by atoms with Crippen molar-refractivity contribution >= 4 is 23.4 Å². The van der Waals surface area contributed by atoms with Crippen LogP contribution < -0.4 is 0 Å². The molecular formula is C14H13ClN4O3. The molecule has 0 spiro atoms. The molecule has 0 aliphatic carbocycles. The number of aryl methyl sites for hydroxylation is 1. The molecule has 8 heteroatoms. The van der Waals surface area contributed by atoms with Crippen molar-refractivity contribution in [3.05, 3.63) is 46.6 Å². The van der Waals surface area contributed by atoms with E-state index in [1.807, 2.05) is 0 Å². The number of halogens is 1. The van der Waals surface area contributed by atoms with Crippen molar-refractivity contribution in [1.29, 1.82) is 0 Å². The summed E-state index contributed by atoms with van der Waals surface area (Å²) in [6.07, 6.45) is 2.10. The molecule has 0 atom stereocenters. The highest BCUT2D eigenvalue weighted by Crippen LogP contribution is 2.18. The van der Waals surface area contributed by atoms with Gasteiger partial charge in [-0.25, -0.2) is 15.0 Å². The van der Waals surface area contributed by atoms with Crippen LogP contribution >= 0.6 is 11.6 Å². The predicted octanol–water partition coefficient (Wildman–Crippen LogP) is 1.93. The molecule has 0 aromatic carbocycles. The van der Waals surface area contributed by atoms with E-state index in [2.05, 4.69) is 10.1 Å². The van der Waals surface area contributed by atoms with Crippen LogP contribution in [-0.2, 0) is 0 Å².